The molecular formula is C19H23N2O2. The number of nitrogens with one attached hydrogen (secondary N) is 1. The second kappa shape index (κ2) is 8.32. The molecule has 1 aromatic carbocycles. The van der Waals surface area contributed by atoms with Crippen molar-refractivity contribution in [2.75, 3.05) is 6.54 Å². The first-order valence-corrected chi connectivity index (χ1v) is 8.00. The quantitative estimate of drug-likeness (QED) is 0.855. The van der Waals surface area contributed by atoms with Crippen LogP contribution in [0, 0.1) is 6.92 Å². The molecule has 1 heterocycles. The van der Waals surface area contributed by atoms with Gasteiger partial charge in [0.15, 0.2) is 0 Å². The molecule has 0 unspecified atom stereocenters. The number of rotatable bonds is 7. The molecule has 1 N–H and O–H groups in total. The van der Waals surface area contributed by atoms with E-state index < -0.39 is 0 Å². The van der Waals surface area contributed by atoms with E-state index >= 15 is 0 Å². The number of hydrogen-bond donors (Lipinski definition) is 1. The molecule has 23 heavy (non-hydrogen) atoms. The molecule has 121 valence electrons. The number of unbranched alkanes of at least 4 members (excludes halogenated alkanes) is 1. The zero-order valence-corrected chi connectivity index (χ0v) is 13.5. The number of aryl methyl sites for hydroxylation is 1. The van der Waals surface area contributed by atoms with Crippen molar-refractivity contribution in [1.82, 2.24) is 9.88 Å². The fourth-order valence-corrected chi connectivity index (χ4v) is 2.48. The normalized spacial score (nSPS) is 10.5. The molecule has 0 aliphatic rings. The molecule has 0 fully saturated rings. The number of pyridine rings is 1. The molecule has 0 aliphatic carbocycles. The van der Waals surface area contributed by atoms with Crippen LogP contribution in [0.5, 0.6) is 0 Å². The third kappa shape index (κ3) is 4.55. The molecule has 1 amide bonds. The number of hydrogen-bond acceptors (Lipinski definition) is 2. The monoisotopic (exact) mass is 311 g/mol. The number of carbonyl (C=O) groups is 1. The fraction of sp³-hybridized carbons (Fsp3) is 0.316. The van der Waals surface area contributed by atoms with Gasteiger partial charge in [-0.3, -0.25) is 9.59 Å². The van der Waals surface area contributed by atoms with Crippen molar-refractivity contribution in [2.24, 2.45) is 0 Å². The predicted molar refractivity (Wildman–Crippen MR) is 92.5 cm³/mol. The molecule has 0 saturated heterocycles. The zero-order valence-electron chi connectivity index (χ0n) is 13.5. The summed E-state index contributed by atoms with van der Waals surface area (Å²) in [7, 11) is 0. The molecule has 1 radical (unpaired) electrons. The first-order chi connectivity index (χ1) is 11.2. The highest BCUT2D eigenvalue weighted by Crippen LogP contribution is 2.08. The second-order valence-electron chi connectivity index (χ2n) is 5.50. The van der Waals surface area contributed by atoms with Gasteiger partial charge >= 0.3 is 0 Å². The molecule has 2 aromatic rings. The fourth-order valence-electron chi connectivity index (χ4n) is 2.48. The van der Waals surface area contributed by atoms with Crippen LogP contribution in [0.3, 0.4) is 0 Å². The van der Waals surface area contributed by atoms with E-state index in [1.165, 1.54) is 0 Å². The predicted octanol–water partition coefficient (Wildman–Crippen LogP) is 2.80. The van der Waals surface area contributed by atoms with Crippen molar-refractivity contribution in [2.45, 2.75) is 32.7 Å². The van der Waals surface area contributed by atoms with Crippen molar-refractivity contribution >= 4 is 5.91 Å². The van der Waals surface area contributed by atoms with Gasteiger partial charge in [0.05, 0.1) is 6.54 Å². The van der Waals surface area contributed by atoms with E-state index in [1.54, 1.807) is 10.6 Å². The minimum Gasteiger partial charge on any atom is -0.352 e. The summed E-state index contributed by atoms with van der Waals surface area (Å²) < 4.78 is 1.62. The molecule has 4 nitrogen and oxygen atoms in total. The lowest BCUT2D eigenvalue weighted by Crippen LogP contribution is -2.33. The highest BCUT2D eigenvalue weighted by molar-refractivity contribution is 5.93. The molecular weight excluding hydrogens is 288 g/mol. The van der Waals surface area contributed by atoms with Crippen LogP contribution in [0.1, 0.15) is 41.3 Å². The molecule has 0 spiro atoms. The Hall–Kier alpha value is -2.36. The summed E-state index contributed by atoms with van der Waals surface area (Å²) in [6, 6.07) is 11.5. The zero-order chi connectivity index (χ0) is 16.7. The lowest BCUT2D eigenvalue weighted by Gasteiger charge is -2.12. The SMILES string of the molecule is [CH2]CCCc1cc(C(=O)NCC)c(=O)n(Cc2ccccc2)c1. The van der Waals surface area contributed by atoms with Crippen LogP contribution in [0.4, 0.5) is 0 Å². The van der Waals surface area contributed by atoms with Crippen molar-refractivity contribution in [1.29, 1.82) is 0 Å². The number of amides is 1. The van der Waals surface area contributed by atoms with Gasteiger partial charge in [-0.15, -0.1) is 0 Å². The van der Waals surface area contributed by atoms with Crippen LogP contribution in [0.25, 0.3) is 0 Å². The van der Waals surface area contributed by atoms with Gasteiger partial charge in [-0.2, -0.15) is 0 Å². The van der Waals surface area contributed by atoms with Gasteiger partial charge in [-0.25, -0.2) is 0 Å². The Morgan fingerprint density at radius 1 is 1.22 bits per heavy atom. The van der Waals surface area contributed by atoms with Gasteiger partial charge in [0.1, 0.15) is 5.56 Å². The van der Waals surface area contributed by atoms with Crippen molar-refractivity contribution in [3.05, 3.63) is 76.6 Å². The Morgan fingerprint density at radius 3 is 2.61 bits per heavy atom. The van der Waals surface area contributed by atoms with Gasteiger partial charge in [0, 0.05) is 12.7 Å². The smallest absolute Gasteiger partial charge is 0.263 e. The summed E-state index contributed by atoms with van der Waals surface area (Å²) in [6.07, 6.45) is 4.42. The standard InChI is InChI=1S/C19H23N2O2/c1-3-5-9-16-12-17(18(22)20-4-2)19(23)21(14-16)13-15-10-7-6-8-11-15/h6-8,10-12,14H,1,3-5,9,13H2,2H3,(H,20,22). The molecule has 0 saturated carbocycles. The maximum atomic E-state index is 12.6. The number of nitrogens with zero attached hydrogens (tertiary/aromatic N) is 1. The summed E-state index contributed by atoms with van der Waals surface area (Å²) in [5.74, 6) is -0.309. The van der Waals surface area contributed by atoms with Crippen LogP contribution in [0.2, 0.25) is 0 Å². The Morgan fingerprint density at radius 2 is 1.96 bits per heavy atom. The lowest BCUT2D eigenvalue weighted by molar-refractivity contribution is 0.0953. The van der Waals surface area contributed by atoms with Gasteiger partial charge in [-0.1, -0.05) is 43.7 Å². The molecule has 0 aliphatic heterocycles. The number of aromatic nitrogens is 1. The molecule has 2 rings (SSSR count). The third-order valence-electron chi connectivity index (χ3n) is 3.64. The van der Waals surface area contributed by atoms with E-state index in [4.69, 9.17) is 0 Å². The largest absolute Gasteiger partial charge is 0.352 e. The first kappa shape index (κ1) is 17.0. The molecule has 0 atom stereocenters. The maximum Gasteiger partial charge on any atom is 0.263 e. The van der Waals surface area contributed by atoms with E-state index in [-0.39, 0.29) is 17.0 Å². The summed E-state index contributed by atoms with van der Waals surface area (Å²) in [5, 5.41) is 2.71. The van der Waals surface area contributed by atoms with E-state index in [1.807, 2.05) is 43.5 Å². The Kier molecular flexibility index (Phi) is 6.15. The molecule has 4 heteroatoms. The summed E-state index contributed by atoms with van der Waals surface area (Å²) >= 11 is 0. The summed E-state index contributed by atoms with van der Waals surface area (Å²) in [4.78, 5) is 24.8. The van der Waals surface area contributed by atoms with Crippen LogP contribution < -0.4 is 10.9 Å². The van der Waals surface area contributed by atoms with Crippen LogP contribution in [-0.4, -0.2) is 17.0 Å². The molecule has 0 bridgehead atoms. The molecule has 1 aromatic heterocycles. The van der Waals surface area contributed by atoms with Gasteiger partial charge in [0.25, 0.3) is 11.5 Å². The van der Waals surface area contributed by atoms with E-state index in [0.717, 1.165) is 30.4 Å². The lowest BCUT2D eigenvalue weighted by atomic mass is 10.1. The van der Waals surface area contributed by atoms with Crippen molar-refractivity contribution < 1.29 is 4.79 Å². The minimum absolute atomic E-state index is 0.212. The Labute approximate surface area is 137 Å². The van der Waals surface area contributed by atoms with E-state index in [9.17, 15) is 9.59 Å². The Bertz CT molecular complexity index is 705. The highest BCUT2D eigenvalue weighted by Gasteiger charge is 2.14. The Balaban J connectivity index is 2.40. The van der Waals surface area contributed by atoms with E-state index in [2.05, 4.69) is 12.2 Å². The van der Waals surface area contributed by atoms with Gasteiger partial charge in [-0.05, 0) is 37.0 Å². The summed E-state index contributed by atoms with van der Waals surface area (Å²) in [5.41, 5.74) is 1.98. The van der Waals surface area contributed by atoms with Crippen molar-refractivity contribution in [3.8, 4) is 0 Å². The second-order valence-corrected chi connectivity index (χ2v) is 5.50. The number of carbonyl (C=O) groups excluding carboxylic acids is 1. The van der Waals surface area contributed by atoms with Crippen molar-refractivity contribution in [3.63, 3.8) is 0 Å². The third-order valence-corrected chi connectivity index (χ3v) is 3.64. The van der Waals surface area contributed by atoms with Gasteiger partial charge in [0.2, 0.25) is 0 Å². The topological polar surface area (TPSA) is 51.1 Å². The first-order valence-electron chi connectivity index (χ1n) is 8.00. The van der Waals surface area contributed by atoms with Crippen LogP contribution in [-0.2, 0) is 13.0 Å². The average Bonchev–Trinajstić information content (AvgIpc) is 2.56. The highest BCUT2D eigenvalue weighted by atomic mass is 16.2. The van der Waals surface area contributed by atoms with Gasteiger partial charge < -0.3 is 9.88 Å². The van der Waals surface area contributed by atoms with E-state index in [0.29, 0.717) is 13.1 Å². The van der Waals surface area contributed by atoms with Crippen LogP contribution >= 0.6 is 0 Å². The average molecular weight is 311 g/mol. The maximum absolute atomic E-state index is 12.6. The number of benzene rings is 1. The van der Waals surface area contributed by atoms with Crippen LogP contribution in [0.15, 0.2) is 47.4 Å². The summed E-state index contributed by atoms with van der Waals surface area (Å²) in [6.45, 7) is 6.65. The minimum atomic E-state index is -0.309.